The second kappa shape index (κ2) is 7.52. The Hall–Kier alpha value is -2.95. The van der Waals surface area contributed by atoms with Crippen molar-refractivity contribution in [2.24, 2.45) is 0 Å². The van der Waals surface area contributed by atoms with Gasteiger partial charge in [0.1, 0.15) is 6.54 Å². The Morgan fingerprint density at radius 1 is 1.12 bits per heavy atom. The molecule has 2 aromatic carbocycles. The molecule has 0 spiro atoms. The number of para-hydroxylation sites is 1. The Morgan fingerprint density at radius 2 is 1.81 bits per heavy atom. The van der Waals surface area contributed by atoms with Gasteiger partial charge in [-0.3, -0.25) is 14.2 Å². The molecule has 3 rings (SSSR count). The number of aromatic nitrogens is 2. The largest absolute Gasteiger partial charge is 0.324 e. The van der Waals surface area contributed by atoms with E-state index < -0.39 is 0 Å². The number of fused-ring (bicyclic) bond motifs is 1. The average Bonchev–Trinajstić information content (AvgIpc) is 2.64. The molecule has 0 unspecified atom stereocenters. The van der Waals surface area contributed by atoms with Crippen molar-refractivity contribution >= 4 is 22.5 Å². The minimum Gasteiger partial charge on any atom is -0.324 e. The molecule has 0 fully saturated rings. The second-order valence-corrected chi connectivity index (χ2v) is 6.40. The molecule has 0 bridgehead atoms. The summed E-state index contributed by atoms with van der Waals surface area (Å²) in [6.45, 7) is 5.99. The van der Waals surface area contributed by atoms with Crippen molar-refractivity contribution in [2.75, 3.05) is 5.32 Å². The molecular weight excluding hydrogens is 326 g/mol. The molecule has 1 aromatic heterocycles. The van der Waals surface area contributed by atoms with Gasteiger partial charge in [-0.25, -0.2) is 4.98 Å². The molecule has 5 heteroatoms. The molecule has 1 heterocycles. The Kier molecular flexibility index (Phi) is 5.16. The van der Waals surface area contributed by atoms with Gasteiger partial charge in [0, 0.05) is 5.69 Å². The van der Waals surface area contributed by atoms with Gasteiger partial charge in [-0.15, -0.1) is 0 Å². The normalized spacial score (nSPS) is 10.9. The Labute approximate surface area is 152 Å². The van der Waals surface area contributed by atoms with Crippen LogP contribution in [-0.4, -0.2) is 15.5 Å². The summed E-state index contributed by atoms with van der Waals surface area (Å²) in [7, 11) is 0. The van der Waals surface area contributed by atoms with Crippen molar-refractivity contribution in [1.82, 2.24) is 9.55 Å². The van der Waals surface area contributed by atoms with Gasteiger partial charge in [-0.2, -0.15) is 0 Å². The molecule has 134 valence electrons. The Balaban J connectivity index is 1.89. The zero-order chi connectivity index (χ0) is 18.7. The van der Waals surface area contributed by atoms with Crippen LogP contribution in [0.2, 0.25) is 0 Å². The number of nitrogens with one attached hydrogen (secondary N) is 1. The summed E-state index contributed by atoms with van der Waals surface area (Å²) in [5.41, 5.74) is 4.48. The lowest BCUT2D eigenvalue weighted by Gasteiger charge is -2.15. The van der Waals surface area contributed by atoms with E-state index in [0.29, 0.717) is 10.9 Å². The fourth-order valence-electron chi connectivity index (χ4n) is 3.12. The Morgan fingerprint density at radius 3 is 2.46 bits per heavy atom. The van der Waals surface area contributed by atoms with Crippen molar-refractivity contribution in [3.8, 4) is 0 Å². The molecule has 0 radical (unpaired) electrons. The van der Waals surface area contributed by atoms with Gasteiger partial charge >= 0.3 is 0 Å². The molecule has 0 aliphatic heterocycles. The van der Waals surface area contributed by atoms with Crippen LogP contribution in [0.15, 0.2) is 47.5 Å². The lowest BCUT2D eigenvalue weighted by Crippen LogP contribution is -2.28. The van der Waals surface area contributed by atoms with E-state index in [1.807, 2.05) is 37.3 Å². The maximum Gasteiger partial charge on any atom is 0.261 e. The van der Waals surface area contributed by atoms with E-state index in [0.717, 1.165) is 35.2 Å². The predicted molar refractivity (Wildman–Crippen MR) is 105 cm³/mol. The van der Waals surface area contributed by atoms with E-state index in [4.69, 9.17) is 0 Å². The third kappa shape index (κ3) is 3.52. The van der Waals surface area contributed by atoms with Crippen LogP contribution in [0, 0.1) is 6.92 Å². The van der Waals surface area contributed by atoms with Gasteiger partial charge in [-0.05, 0) is 43.0 Å². The quantitative estimate of drug-likeness (QED) is 0.767. The summed E-state index contributed by atoms with van der Waals surface area (Å²) in [6, 6.07) is 11.6. The second-order valence-electron chi connectivity index (χ2n) is 6.40. The first kappa shape index (κ1) is 17.9. The van der Waals surface area contributed by atoms with Crippen molar-refractivity contribution in [2.45, 2.75) is 40.2 Å². The number of carbonyl (C=O) groups excluding carboxylic acids is 1. The highest BCUT2D eigenvalue weighted by Gasteiger charge is 2.12. The predicted octanol–water partition coefficient (Wildman–Crippen LogP) is 3.47. The highest BCUT2D eigenvalue weighted by Crippen LogP contribution is 2.22. The third-order valence-electron chi connectivity index (χ3n) is 4.56. The fourth-order valence-corrected chi connectivity index (χ4v) is 3.12. The van der Waals surface area contributed by atoms with E-state index in [9.17, 15) is 9.59 Å². The number of hydrogen-bond donors (Lipinski definition) is 1. The number of carbonyl (C=O) groups is 1. The standard InChI is InChI=1S/C21H23N3O2/c1-4-15-7-6-8-16(5-2)20(15)23-19(25)12-24-13-22-18-10-9-14(3)11-17(18)21(24)26/h6-11,13H,4-5,12H2,1-3H3,(H,23,25). The lowest BCUT2D eigenvalue weighted by molar-refractivity contribution is -0.116. The van der Waals surface area contributed by atoms with Gasteiger partial charge < -0.3 is 5.32 Å². The van der Waals surface area contributed by atoms with Crippen LogP contribution >= 0.6 is 0 Å². The number of rotatable bonds is 5. The minimum absolute atomic E-state index is 0.0586. The molecule has 0 aliphatic rings. The minimum atomic E-state index is -0.225. The zero-order valence-corrected chi connectivity index (χ0v) is 15.4. The van der Waals surface area contributed by atoms with Crippen molar-refractivity contribution in [3.05, 3.63) is 69.8 Å². The lowest BCUT2D eigenvalue weighted by atomic mass is 10.0. The van der Waals surface area contributed by atoms with E-state index in [1.165, 1.54) is 10.9 Å². The zero-order valence-electron chi connectivity index (χ0n) is 15.4. The summed E-state index contributed by atoms with van der Waals surface area (Å²) < 4.78 is 1.36. The van der Waals surface area contributed by atoms with Crippen molar-refractivity contribution < 1.29 is 4.79 Å². The van der Waals surface area contributed by atoms with Crippen LogP contribution < -0.4 is 10.9 Å². The first-order valence-corrected chi connectivity index (χ1v) is 8.90. The summed E-state index contributed by atoms with van der Waals surface area (Å²) in [5.74, 6) is -0.225. The molecule has 1 N–H and O–H groups in total. The van der Waals surface area contributed by atoms with Crippen LogP contribution in [0.3, 0.4) is 0 Å². The topological polar surface area (TPSA) is 64.0 Å². The summed E-state index contributed by atoms with van der Waals surface area (Å²) in [5, 5.41) is 3.52. The van der Waals surface area contributed by atoms with Gasteiger partial charge in [0.25, 0.3) is 5.56 Å². The fraction of sp³-hybridized carbons (Fsp3) is 0.286. The van der Waals surface area contributed by atoms with E-state index in [1.54, 1.807) is 6.07 Å². The van der Waals surface area contributed by atoms with E-state index in [-0.39, 0.29) is 18.0 Å². The molecule has 1 amide bonds. The van der Waals surface area contributed by atoms with Crippen LogP contribution in [0.25, 0.3) is 10.9 Å². The van der Waals surface area contributed by atoms with E-state index in [2.05, 4.69) is 24.1 Å². The summed E-state index contributed by atoms with van der Waals surface area (Å²) >= 11 is 0. The van der Waals surface area contributed by atoms with Crippen molar-refractivity contribution in [1.29, 1.82) is 0 Å². The van der Waals surface area contributed by atoms with Crippen LogP contribution in [0.4, 0.5) is 5.69 Å². The van der Waals surface area contributed by atoms with Crippen molar-refractivity contribution in [3.63, 3.8) is 0 Å². The average molecular weight is 349 g/mol. The highest BCUT2D eigenvalue weighted by atomic mass is 16.2. The Bertz CT molecular complexity index is 999. The third-order valence-corrected chi connectivity index (χ3v) is 4.56. The number of aryl methyl sites for hydroxylation is 3. The SMILES string of the molecule is CCc1cccc(CC)c1NC(=O)Cn1cnc2ccc(C)cc2c1=O. The molecular formula is C21H23N3O2. The number of anilines is 1. The molecule has 26 heavy (non-hydrogen) atoms. The van der Waals surface area contributed by atoms with Gasteiger partial charge in [0.2, 0.25) is 5.91 Å². The van der Waals surface area contributed by atoms with Crippen LogP contribution in [0.1, 0.15) is 30.5 Å². The maximum absolute atomic E-state index is 12.7. The number of amides is 1. The molecule has 0 aliphatic carbocycles. The van der Waals surface area contributed by atoms with Gasteiger partial charge in [-0.1, -0.05) is 43.7 Å². The molecule has 0 saturated heterocycles. The first-order chi connectivity index (χ1) is 12.5. The molecule has 5 nitrogen and oxygen atoms in total. The summed E-state index contributed by atoms with van der Waals surface area (Å²) in [4.78, 5) is 29.5. The number of hydrogen-bond acceptors (Lipinski definition) is 3. The number of benzene rings is 2. The molecule has 0 saturated carbocycles. The maximum atomic E-state index is 12.7. The molecule has 3 aromatic rings. The van der Waals surface area contributed by atoms with Gasteiger partial charge in [0.05, 0.1) is 17.2 Å². The van der Waals surface area contributed by atoms with Crippen LogP contribution in [-0.2, 0) is 24.2 Å². The molecule has 0 atom stereocenters. The van der Waals surface area contributed by atoms with Gasteiger partial charge in [0.15, 0.2) is 0 Å². The monoisotopic (exact) mass is 349 g/mol. The van der Waals surface area contributed by atoms with E-state index >= 15 is 0 Å². The first-order valence-electron chi connectivity index (χ1n) is 8.90. The highest BCUT2D eigenvalue weighted by molar-refractivity contribution is 5.92. The summed E-state index contributed by atoms with van der Waals surface area (Å²) in [6.07, 6.45) is 3.10. The smallest absolute Gasteiger partial charge is 0.261 e. The van der Waals surface area contributed by atoms with Crippen LogP contribution in [0.5, 0.6) is 0 Å². The number of nitrogens with zero attached hydrogens (tertiary/aromatic N) is 2.